The van der Waals surface area contributed by atoms with Gasteiger partial charge in [0.2, 0.25) is 0 Å². The van der Waals surface area contributed by atoms with Crippen LogP contribution in [-0.4, -0.2) is 16.1 Å². The predicted molar refractivity (Wildman–Crippen MR) is 51.4 cm³/mol. The topological polar surface area (TPSA) is 50.2 Å². The minimum absolute atomic E-state index is 0.316. The van der Waals surface area contributed by atoms with Crippen LogP contribution in [0.3, 0.4) is 0 Å². The summed E-state index contributed by atoms with van der Waals surface area (Å²) in [6.45, 7) is 1.98. The molecule has 1 aromatic rings. The van der Waals surface area contributed by atoms with E-state index in [1.807, 2.05) is 25.1 Å². The highest BCUT2D eigenvalue weighted by atomic mass is 16.4. The van der Waals surface area contributed by atoms with Gasteiger partial charge in [-0.2, -0.15) is 0 Å². The Morgan fingerprint density at radius 1 is 1.31 bits per heavy atom. The van der Waals surface area contributed by atoms with Crippen molar-refractivity contribution in [3.05, 3.63) is 30.6 Å². The maximum Gasteiger partial charge on any atom is 0.303 e. The van der Waals surface area contributed by atoms with E-state index in [-0.39, 0.29) is 0 Å². The van der Waals surface area contributed by atoms with Gasteiger partial charge in [-0.15, -0.1) is 0 Å². The summed E-state index contributed by atoms with van der Waals surface area (Å²) in [4.78, 5) is 13.5. The second kappa shape index (κ2) is 8.71. The summed E-state index contributed by atoms with van der Waals surface area (Å²) in [5.74, 6) is -0.693. The van der Waals surface area contributed by atoms with Crippen LogP contribution in [0.15, 0.2) is 30.6 Å². The van der Waals surface area contributed by atoms with Crippen molar-refractivity contribution in [2.24, 2.45) is 0 Å². The van der Waals surface area contributed by atoms with E-state index in [2.05, 4.69) is 4.98 Å². The largest absolute Gasteiger partial charge is 0.481 e. The average Bonchev–Trinajstić information content (AvgIpc) is 2.18. The Morgan fingerprint density at radius 2 is 1.92 bits per heavy atom. The number of rotatable bonds is 3. The molecule has 0 spiro atoms. The molecule has 3 nitrogen and oxygen atoms in total. The molecule has 1 aromatic heterocycles. The van der Waals surface area contributed by atoms with Gasteiger partial charge in [0.25, 0.3) is 0 Å². The van der Waals surface area contributed by atoms with Crippen LogP contribution in [-0.2, 0) is 4.79 Å². The number of nitrogens with zero attached hydrogens (tertiary/aromatic N) is 1. The zero-order valence-corrected chi connectivity index (χ0v) is 7.81. The van der Waals surface area contributed by atoms with Crippen molar-refractivity contribution < 1.29 is 9.90 Å². The molecule has 0 aliphatic heterocycles. The van der Waals surface area contributed by atoms with Gasteiger partial charge in [0.1, 0.15) is 0 Å². The molecule has 0 saturated carbocycles. The minimum atomic E-state index is -0.693. The molecular formula is C10H15NO2. The Kier molecular flexibility index (Phi) is 7.79. The summed E-state index contributed by atoms with van der Waals surface area (Å²) in [5.41, 5.74) is 0. The van der Waals surface area contributed by atoms with E-state index in [0.29, 0.717) is 6.42 Å². The summed E-state index contributed by atoms with van der Waals surface area (Å²) in [7, 11) is 0. The van der Waals surface area contributed by atoms with E-state index >= 15 is 0 Å². The molecule has 0 bridgehead atoms. The molecule has 0 unspecified atom stereocenters. The summed E-state index contributed by atoms with van der Waals surface area (Å²) in [6, 6.07) is 5.72. The molecule has 13 heavy (non-hydrogen) atoms. The van der Waals surface area contributed by atoms with E-state index in [4.69, 9.17) is 5.11 Å². The lowest BCUT2D eigenvalue weighted by Gasteiger charge is -1.85. The van der Waals surface area contributed by atoms with Crippen LogP contribution in [0.4, 0.5) is 0 Å². The van der Waals surface area contributed by atoms with Crippen LogP contribution in [0.2, 0.25) is 0 Å². The molecule has 1 rings (SSSR count). The van der Waals surface area contributed by atoms with E-state index in [1.54, 1.807) is 12.4 Å². The molecule has 0 amide bonds. The summed E-state index contributed by atoms with van der Waals surface area (Å²) in [5, 5.41) is 8.04. The van der Waals surface area contributed by atoms with E-state index in [1.165, 1.54) is 0 Å². The Morgan fingerprint density at radius 3 is 2.08 bits per heavy atom. The van der Waals surface area contributed by atoms with Crippen molar-refractivity contribution in [1.29, 1.82) is 0 Å². The van der Waals surface area contributed by atoms with Gasteiger partial charge in [0.05, 0.1) is 0 Å². The van der Waals surface area contributed by atoms with Gasteiger partial charge in [0.15, 0.2) is 0 Å². The fourth-order valence-corrected chi connectivity index (χ4v) is 0.641. The maximum atomic E-state index is 9.76. The van der Waals surface area contributed by atoms with E-state index in [9.17, 15) is 4.79 Å². The first-order valence-electron chi connectivity index (χ1n) is 4.34. The first-order valence-corrected chi connectivity index (χ1v) is 4.34. The summed E-state index contributed by atoms with van der Waals surface area (Å²) < 4.78 is 0. The first kappa shape index (κ1) is 11.6. The highest BCUT2D eigenvalue weighted by Gasteiger charge is 1.90. The number of hydrogen-bond donors (Lipinski definition) is 1. The number of unbranched alkanes of at least 4 members (excludes halogenated alkanes) is 1. The molecule has 1 heterocycles. The van der Waals surface area contributed by atoms with Crippen molar-refractivity contribution in [1.82, 2.24) is 4.98 Å². The number of carboxylic acids is 1. The lowest BCUT2D eigenvalue weighted by atomic mass is 10.3. The van der Waals surface area contributed by atoms with Gasteiger partial charge in [-0.05, 0) is 18.6 Å². The van der Waals surface area contributed by atoms with Gasteiger partial charge < -0.3 is 5.11 Å². The van der Waals surface area contributed by atoms with Crippen molar-refractivity contribution in [3.63, 3.8) is 0 Å². The molecule has 3 heteroatoms. The quantitative estimate of drug-likeness (QED) is 0.778. The highest BCUT2D eigenvalue weighted by molar-refractivity contribution is 5.66. The lowest BCUT2D eigenvalue weighted by Crippen LogP contribution is -1.91. The number of carboxylic acid groups (broad SMARTS) is 1. The van der Waals surface area contributed by atoms with Crippen molar-refractivity contribution in [3.8, 4) is 0 Å². The standard InChI is InChI=1S/C5H5N.C5H10O2/c1-2-4-6-5-3-1;1-2-3-4-5(6)7/h1-5H;2-4H2,1H3,(H,6,7). The first-order chi connectivity index (χ1) is 6.27. The number of carbonyl (C=O) groups is 1. The Labute approximate surface area is 78.4 Å². The third-order valence-corrected chi connectivity index (χ3v) is 1.31. The number of hydrogen-bond acceptors (Lipinski definition) is 2. The zero-order chi connectivity index (χ0) is 9.94. The smallest absolute Gasteiger partial charge is 0.303 e. The van der Waals surface area contributed by atoms with E-state index < -0.39 is 5.97 Å². The second-order valence-electron chi connectivity index (χ2n) is 2.52. The monoisotopic (exact) mass is 181 g/mol. The normalized spacial score (nSPS) is 8.38. The fourth-order valence-electron chi connectivity index (χ4n) is 0.641. The number of aromatic nitrogens is 1. The predicted octanol–water partition coefficient (Wildman–Crippen LogP) is 2.34. The van der Waals surface area contributed by atoms with Crippen LogP contribution in [0.1, 0.15) is 26.2 Å². The molecule has 0 aliphatic carbocycles. The Bertz CT molecular complexity index is 185. The van der Waals surface area contributed by atoms with Crippen molar-refractivity contribution in [2.75, 3.05) is 0 Å². The molecule has 0 saturated heterocycles. The number of aliphatic carboxylic acids is 1. The minimum Gasteiger partial charge on any atom is -0.481 e. The Hall–Kier alpha value is -1.38. The second-order valence-corrected chi connectivity index (χ2v) is 2.52. The van der Waals surface area contributed by atoms with Gasteiger partial charge in [-0.1, -0.05) is 19.4 Å². The molecule has 0 aromatic carbocycles. The van der Waals surface area contributed by atoms with Crippen LogP contribution in [0.5, 0.6) is 0 Å². The van der Waals surface area contributed by atoms with Gasteiger partial charge in [-0.25, -0.2) is 0 Å². The molecule has 1 N–H and O–H groups in total. The molecule has 0 radical (unpaired) electrons. The van der Waals surface area contributed by atoms with Crippen LogP contribution < -0.4 is 0 Å². The molecule has 0 atom stereocenters. The molecule has 0 aliphatic rings. The summed E-state index contributed by atoms with van der Waals surface area (Å²) >= 11 is 0. The maximum absolute atomic E-state index is 9.76. The van der Waals surface area contributed by atoms with Crippen molar-refractivity contribution in [2.45, 2.75) is 26.2 Å². The summed E-state index contributed by atoms with van der Waals surface area (Å²) in [6.07, 6.45) is 5.58. The van der Waals surface area contributed by atoms with E-state index in [0.717, 1.165) is 12.8 Å². The van der Waals surface area contributed by atoms with Crippen molar-refractivity contribution >= 4 is 5.97 Å². The molecule has 0 fully saturated rings. The van der Waals surface area contributed by atoms with Crippen LogP contribution in [0.25, 0.3) is 0 Å². The van der Waals surface area contributed by atoms with Gasteiger partial charge >= 0.3 is 5.97 Å². The molecule has 72 valence electrons. The zero-order valence-electron chi connectivity index (χ0n) is 7.81. The SMILES string of the molecule is CCCCC(=O)O.c1ccncc1. The van der Waals surface area contributed by atoms with Crippen LogP contribution in [0, 0.1) is 0 Å². The molecular weight excluding hydrogens is 166 g/mol. The highest BCUT2D eigenvalue weighted by Crippen LogP contribution is 1.91. The van der Waals surface area contributed by atoms with Gasteiger partial charge in [-0.3, -0.25) is 9.78 Å². The average molecular weight is 181 g/mol. The van der Waals surface area contributed by atoms with Gasteiger partial charge in [0, 0.05) is 18.8 Å². The third-order valence-electron chi connectivity index (χ3n) is 1.31. The van der Waals surface area contributed by atoms with Crippen LogP contribution >= 0.6 is 0 Å². The fraction of sp³-hybridized carbons (Fsp3) is 0.400. The third kappa shape index (κ3) is 10.6. The Balaban J connectivity index is 0.000000223. The lowest BCUT2D eigenvalue weighted by molar-refractivity contribution is -0.137. The number of pyridine rings is 1.